The van der Waals surface area contributed by atoms with Crippen LogP contribution in [0.4, 0.5) is 0 Å². The molecule has 0 radical (unpaired) electrons. The first-order valence-electron chi connectivity index (χ1n) is 4.95. The molecular formula is C12H18O. The van der Waals surface area contributed by atoms with Gasteiger partial charge in [-0.3, -0.25) is 4.79 Å². The summed E-state index contributed by atoms with van der Waals surface area (Å²) in [4.78, 5) is 12.0. The number of allylic oxidation sites excluding steroid dienone is 2. The number of rotatable bonds is 0. The van der Waals surface area contributed by atoms with Crippen LogP contribution in [-0.4, -0.2) is 5.78 Å². The monoisotopic (exact) mass is 178 g/mol. The smallest absolute Gasteiger partial charge is 0.165 e. The van der Waals surface area contributed by atoms with Crippen LogP contribution in [0.1, 0.15) is 41.5 Å². The normalized spacial score (nSPS) is 46.8. The van der Waals surface area contributed by atoms with Gasteiger partial charge in [-0.1, -0.05) is 33.3 Å². The number of ketones is 1. The van der Waals surface area contributed by atoms with Crippen LogP contribution in [0.15, 0.2) is 11.1 Å². The van der Waals surface area contributed by atoms with Gasteiger partial charge in [0.25, 0.3) is 0 Å². The summed E-state index contributed by atoms with van der Waals surface area (Å²) in [6.45, 7) is 12.9. The molecule has 13 heavy (non-hydrogen) atoms. The summed E-state index contributed by atoms with van der Waals surface area (Å²) < 4.78 is 0. The first-order valence-corrected chi connectivity index (χ1v) is 4.95. The lowest BCUT2D eigenvalue weighted by Crippen LogP contribution is -2.17. The zero-order valence-electron chi connectivity index (χ0n) is 9.41. The van der Waals surface area contributed by atoms with Crippen LogP contribution in [0, 0.1) is 16.2 Å². The summed E-state index contributed by atoms with van der Waals surface area (Å²) in [5.41, 5.74) is 2.48. The van der Waals surface area contributed by atoms with Gasteiger partial charge in [0.1, 0.15) is 0 Å². The van der Waals surface area contributed by atoms with Crippen LogP contribution in [0.3, 0.4) is 0 Å². The number of hydrogen-bond acceptors (Lipinski definition) is 1. The first-order chi connectivity index (χ1) is 5.73. The SMILES string of the molecule is CC1=C(C)[C@@]2(C)C(C)(C)[C@]2(C)C1=O. The summed E-state index contributed by atoms with van der Waals surface area (Å²) in [5.74, 6) is 0.373. The van der Waals surface area contributed by atoms with Crippen molar-refractivity contribution in [3.8, 4) is 0 Å². The summed E-state index contributed by atoms with van der Waals surface area (Å²) in [6.07, 6.45) is 0. The molecule has 0 N–H and O–H groups in total. The van der Waals surface area contributed by atoms with Crippen LogP contribution in [0.2, 0.25) is 0 Å². The molecule has 0 spiro atoms. The first kappa shape index (κ1) is 8.98. The van der Waals surface area contributed by atoms with Gasteiger partial charge >= 0.3 is 0 Å². The number of carbonyl (C=O) groups excluding carboxylic acids is 1. The highest BCUT2D eigenvalue weighted by molar-refractivity contribution is 6.08. The minimum atomic E-state index is -0.117. The number of fused-ring (bicyclic) bond motifs is 1. The Balaban J connectivity index is 2.66. The van der Waals surface area contributed by atoms with E-state index in [0.717, 1.165) is 5.57 Å². The van der Waals surface area contributed by atoms with E-state index in [2.05, 4.69) is 34.6 Å². The summed E-state index contributed by atoms with van der Waals surface area (Å²) in [7, 11) is 0. The molecule has 72 valence electrons. The van der Waals surface area contributed by atoms with Gasteiger partial charge in [0.2, 0.25) is 0 Å². The molecule has 0 bridgehead atoms. The van der Waals surface area contributed by atoms with Crippen molar-refractivity contribution in [2.75, 3.05) is 0 Å². The molecule has 2 aliphatic rings. The van der Waals surface area contributed by atoms with Crippen LogP contribution >= 0.6 is 0 Å². The Hall–Kier alpha value is -0.590. The van der Waals surface area contributed by atoms with E-state index >= 15 is 0 Å². The lowest BCUT2D eigenvalue weighted by atomic mass is 9.87. The number of hydrogen-bond donors (Lipinski definition) is 0. The van der Waals surface area contributed by atoms with E-state index in [1.807, 2.05) is 6.92 Å². The largest absolute Gasteiger partial charge is 0.294 e. The fourth-order valence-electron chi connectivity index (χ4n) is 3.62. The molecule has 1 heteroatoms. The van der Waals surface area contributed by atoms with Crippen molar-refractivity contribution in [3.63, 3.8) is 0 Å². The van der Waals surface area contributed by atoms with Gasteiger partial charge in [-0.2, -0.15) is 0 Å². The molecule has 1 saturated carbocycles. The Morgan fingerprint density at radius 2 is 1.38 bits per heavy atom. The molecule has 0 amide bonds. The zero-order valence-corrected chi connectivity index (χ0v) is 9.41. The van der Waals surface area contributed by atoms with Crippen LogP contribution in [-0.2, 0) is 4.79 Å². The second kappa shape index (κ2) is 1.77. The highest BCUT2D eigenvalue weighted by Crippen LogP contribution is 2.84. The van der Waals surface area contributed by atoms with Crippen molar-refractivity contribution >= 4 is 5.78 Å². The van der Waals surface area contributed by atoms with Gasteiger partial charge < -0.3 is 0 Å². The van der Waals surface area contributed by atoms with Gasteiger partial charge in [0, 0.05) is 10.8 Å². The van der Waals surface area contributed by atoms with Gasteiger partial charge in [-0.25, -0.2) is 0 Å². The topological polar surface area (TPSA) is 17.1 Å². The second-order valence-corrected chi connectivity index (χ2v) is 5.45. The summed E-state index contributed by atoms with van der Waals surface area (Å²) in [5, 5.41) is 0. The van der Waals surface area contributed by atoms with Crippen LogP contribution < -0.4 is 0 Å². The predicted molar refractivity (Wildman–Crippen MR) is 53.4 cm³/mol. The van der Waals surface area contributed by atoms with Crippen molar-refractivity contribution in [1.82, 2.24) is 0 Å². The molecule has 1 fully saturated rings. The Morgan fingerprint density at radius 3 is 1.62 bits per heavy atom. The molecule has 0 unspecified atom stereocenters. The average molecular weight is 178 g/mol. The minimum absolute atomic E-state index is 0.117. The third-order valence-electron chi connectivity index (χ3n) is 5.54. The molecule has 0 aromatic heterocycles. The Morgan fingerprint density at radius 1 is 0.923 bits per heavy atom. The van der Waals surface area contributed by atoms with Crippen molar-refractivity contribution in [3.05, 3.63) is 11.1 Å². The molecule has 2 atom stereocenters. The summed E-state index contributed by atoms with van der Waals surface area (Å²) in [6, 6.07) is 0. The third-order valence-corrected chi connectivity index (χ3v) is 5.54. The molecule has 2 rings (SSSR count). The molecular weight excluding hydrogens is 160 g/mol. The fourth-order valence-corrected chi connectivity index (χ4v) is 3.62. The molecule has 0 heterocycles. The Bertz CT molecular complexity index is 348. The van der Waals surface area contributed by atoms with Crippen molar-refractivity contribution in [2.24, 2.45) is 16.2 Å². The lowest BCUT2D eigenvalue weighted by molar-refractivity contribution is -0.120. The highest BCUT2D eigenvalue weighted by Gasteiger charge is 2.83. The second-order valence-electron chi connectivity index (χ2n) is 5.45. The summed E-state index contributed by atoms with van der Waals surface area (Å²) >= 11 is 0. The van der Waals surface area contributed by atoms with Gasteiger partial charge in [-0.05, 0) is 24.8 Å². The van der Waals surface area contributed by atoms with E-state index in [4.69, 9.17) is 0 Å². The van der Waals surface area contributed by atoms with Gasteiger partial charge in [0.15, 0.2) is 5.78 Å². The maximum Gasteiger partial charge on any atom is 0.165 e. The molecule has 0 saturated heterocycles. The number of carbonyl (C=O) groups is 1. The standard InChI is InChI=1S/C12H18O/c1-7-8(2)11(5)10(3,4)12(11,6)9(7)13/h1-6H3/t11-,12-/m0/s1. The third kappa shape index (κ3) is 0.512. The van der Waals surface area contributed by atoms with Crippen LogP contribution in [0.25, 0.3) is 0 Å². The van der Waals surface area contributed by atoms with Crippen LogP contribution in [0.5, 0.6) is 0 Å². The van der Waals surface area contributed by atoms with Crippen molar-refractivity contribution in [1.29, 1.82) is 0 Å². The van der Waals surface area contributed by atoms with E-state index in [1.165, 1.54) is 5.57 Å². The maximum atomic E-state index is 12.0. The Kier molecular flexibility index (Phi) is 1.23. The van der Waals surface area contributed by atoms with E-state index in [-0.39, 0.29) is 16.2 Å². The van der Waals surface area contributed by atoms with E-state index in [9.17, 15) is 4.79 Å². The van der Waals surface area contributed by atoms with E-state index in [0.29, 0.717) is 5.78 Å². The number of Topliss-reactive ketones (excluding diaryl/α,β-unsaturated/α-hetero) is 1. The molecule has 0 aromatic rings. The molecule has 0 aromatic carbocycles. The lowest BCUT2D eigenvalue weighted by Gasteiger charge is -2.16. The zero-order chi connectivity index (χ0) is 10.2. The quantitative estimate of drug-likeness (QED) is 0.557. The average Bonchev–Trinajstić information content (AvgIpc) is 2.36. The van der Waals surface area contributed by atoms with E-state index < -0.39 is 0 Å². The molecule has 1 nitrogen and oxygen atoms in total. The predicted octanol–water partition coefficient (Wildman–Crippen LogP) is 2.96. The highest BCUT2D eigenvalue weighted by atomic mass is 16.1. The van der Waals surface area contributed by atoms with E-state index in [1.54, 1.807) is 0 Å². The van der Waals surface area contributed by atoms with Gasteiger partial charge in [0.05, 0.1) is 0 Å². The Labute approximate surface area is 80.2 Å². The van der Waals surface area contributed by atoms with Crippen molar-refractivity contribution < 1.29 is 4.79 Å². The maximum absolute atomic E-state index is 12.0. The van der Waals surface area contributed by atoms with Crippen molar-refractivity contribution in [2.45, 2.75) is 41.5 Å². The fraction of sp³-hybridized carbons (Fsp3) is 0.750. The minimum Gasteiger partial charge on any atom is -0.294 e. The van der Waals surface area contributed by atoms with Gasteiger partial charge in [-0.15, -0.1) is 0 Å². The molecule has 2 aliphatic carbocycles. The molecule has 0 aliphatic heterocycles.